The highest BCUT2D eigenvalue weighted by molar-refractivity contribution is 4.74. The van der Waals surface area contributed by atoms with Crippen molar-refractivity contribution in [1.82, 2.24) is 4.90 Å². The molecule has 1 heterocycles. The largest absolute Gasteiger partial charge is 0.301 e. The van der Waals surface area contributed by atoms with Crippen LogP contribution in [0, 0.1) is 0 Å². The van der Waals surface area contributed by atoms with Gasteiger partial charge in [-0.3, -0.25) is 0 Å². The fourth-order valence-corrected chi connectivity index (χ4v) is 1.26. The lowest BCUT2D eigenvalue weighted by Crippen LogP contribution is -2.28. The molecule has 1 saturated heterocycles. The lowest BCUT2D eigenvalue weighted by molar-refractivity contribution is -0.144. The van der Waals surface area contributed by atoms with Crippen LogP contribution in [0.4, 0.5) is 4.53 Å². The lowest BCUT2D eigenvalue weighted by Gasteiger charge is -2.15. The van der Waals surface area contributed by atoms with Crippen LogP contribution in [0.1, 0.15) is 12.8 Å². The molecule has 1 aliphatic heterocycles. The number of hydrogen-bond acceptors (Lipinski definition) is 2. The molecule has 1 fully saturated rings. The molecule has 1 aliphatic rings. The summed E-state index contributed by atoms with van der Waals surface area (Å²) in [5.74, 6) is 0. The first-order valence-corrected chi connectivity index (χ1v) is 3.28. The third-order valence-electron chi connectivity index (χ3n) is 1.93. The van der Waals surface area contributed by atoms with Crippen molar-refractivity contribution in [2.75, 3.05) is 20.2 Å². The monoisotopic (exact) mass is 133 g/mol. The molecule has 0 radical (unpaired) electrons. The zero-order valence-corrected chi connectivity index (χ0v) is 5.64. The van der Waals surface area contributed by atoms with Crippen molar-refractivity contribution in [2.24, 2.45) is 0 Å². The molecular formula is C6H12FNO. The van der Waals surface area contributed by atoms with E-state index in [1.807, 2.05) is 7.05 Å². The van der Waals surface area contributed by atoms with E-state index in [0.29, 0.717) is 6.04 Å². The molecule has 9 heavy (non-hydrogen) atoms. The second kappa shape index (κ2) is 3.13. The number of likely N-dealkylation sites (N-methyl/N-ethyl adjacent to an activating group) is 1. The average Bonchev–Trinajstić information content (AvgIpc) is 2.18. The Hall–Kier alpha value is -0.150. The maximum absolute atomic E-state index is 11.3. The van der Waals surface area contributed by atoms with Gasteiger partial charge in [0.2, 0.25) is 0 Å². The summed E-state index contributed by atoms with van der Waals surface area (Å²) in [4.78, 5) is 5.68. The molecule has 0 saturated carbocycles. The number of halogens is 1. The number of hydrogen-bond donors (Lipinski definition) is 0. The van der Waals surface area contributed by atoms with Crippen LogP contribution in [-0.2, 0) is 4.94 Å². The second-order valence-corrected chi connectivity index (χ2v) is 2.55. The normalized spacial score (nSPS) is 29.3. The molecule has 0 aromatic carbocycles. The van der Waals surface area contributed by atoms with Gasteiger partial charge in [-0.25, -0.2) is 0 Å². The minimum atomic E-state index is 0.233. The van der Waals surface area contributed by atoms with Crippen molar-refractivity contribution in [2.45, 2.75) is 18.9 Å². The van der Waals surface area contributed by atoms with E-state index < -0.39 is 0 Å². The van der Waals surface area contributed by atoms with E-state index in [1.165, 1.54) is 6.42 Å². The zero-order valence-electron chi connectivity index (χ0n) is 5.64. The fraction of sp³-hybridized carbons (Fsp3) is 1.00. The second-order valence-electron chi connectivity index (χ2n) is 2.55. The van der Waals surface area contributed by atoms with E-state index in [9.17, 15) is 4.53 Å². The van der Waals surface area contributed by atoms with Gasteiger partial charge in [0, 0.05) is 6.04 Å². The van der Waals surface area contributed by atoms with Crippen molar-refractivity contribution < 1.29 is 9.47 Å². The van der Waals surface area contributed by atoms with Crippen LogP contribution in [0.5, 0.6) is 0 Å². The third kappa shape index (κ3) is 1.63. The van der Waals surface area contributed by atoms with Crippen LogP contribution in [0.3, 0.4) is 0 Å². The molecule has 0 aliphatic carbocycles. The molecule has 1 atom stereocenters. The first kappa shape index (κ1) is 6.96. The minimum absolute atomic E-state index is 0.233. The first-order chi connectivity index (χ1) is 4.34. The predicted molar refractivity (Wildman–Crippen MR) is 32.7 cm³/mol. The highest BCUT2D eigenvalue weighted by Gasteiger charge is 2.20. The molecule has 0 spiro atoms. The van der Waals surface area contributed by atoms with E-state index in [1.54, 1.807) is 0 Å². The van der Waals surface area contributed by atoms with Crippen molar-refractivity contribution in [3.8, 4) is 0 Å². The van der Waals surface area contributed by atoms with Gasteiger partial charge in [0.25, 0.3) is 0 Å². The van der Waals surface area contributed by atoms with Gasteiger partial charge in [-0.2, -0.15) is 4.94 Å². The molecule has 0 aromatic rings. The van der Waals surface area contributed by atoms with Gasteiger partial charge in [0.15, 0.2) is 0 Å². The molecule has 0 N–H and O–H groups in total. The van der Waals surface area contributed by atoms with Gasteiger partial charge in [-0.1, -0.05) is 0 Å². The Kier molecular flexibility index (Phi) is 2.42. The van der Waals surface area contributed by atoms with Gasteiger partial charge >= 0.3 is 0 Å². The quantitative estimate of drug-likeness (QED) is 0.556. The third-order valence-corrected chi connectivity index (χ3v) is 1.93. The van der Waals surface area contributed by atoms with Crippen LogP contribution in [0.25, 0.3) is 0 Å². The molecule has 2 nitrogen and oxygen atoms in total. The standard InChI is InChI=1S/C6H12FNO/c1-8-4-2-3-6(8)5-9-7/h6H,2-5H2,1H3. The Morgan fingerprint density at radius 3 is 3.00 bits per heavy atom. The van der Waals surface area contributed by atoms with Gasteiger partial charge in [-0.05, 0) is 31.0 Å². The summed E-state index contributed by atoms with van der Waals surface area (Å²) in [6, 6.07) is 0.315. The van der Waals surface area contributed by atoms with E-state index in [-0.39, 0.29) is 6.61 Å². The fourth-order valence-electron chi connectivity index (χ4n) is 1.26. The maximum Gasteiger partial charge on any atom is 0.103 e. The van der Waals surface area contributed by atoms with Crippen LogP contribution in [0.2, 0.25) is 0 Å². The SMILES string of the molecule is CN1CCCC1COF. The van der Waals surface area contributed by atoms with E-state index in [2.05, 4.69) is 9.84 Å². The summed E-state index contributed by atoms with van der Waals surface area (Å²) in [5, 5.41) is 0. The predicted octanol–water partition coefficient (Wildman–Crippen LogP) is 0.982. The summed E-state index contributed by atoms with van der Waals surface area (Å²) < 4.78 is 11.3. The summed E-state index contributed by atoms with van der Waals surface area (Å²) in [7, 11) is 2.00. The topological polar surface area (TPSA) is 12.5 Å². The van der Waals surface area contributed by atoms with E-state index in [0.717, 1.165) is 13.0 Å². The number of nitrogens with zero attached hydrogens (tertiary/aromatic N) is 1. The van der Waals surface area contributed by atoms with Gasteiger partial charge < -0.3 is 4.90 Å². The smallest absolute Gasteiger partial charge is 0.103 e. The zero-order chi connectivity index (χ0) is 6.69. The highest BCUT2D eigenvalue weighted by atomic mass is 19.3. The van der Waals surface area contributed by atoms with Gasteiger partial charge in [0.05, 0.1) is 0 Å². The Bertz CT molecular complexity index is 89.1. The summed E-state index contributed by atoms with van der Waals surface area (Å²) >= 11 is 0. The molecule has 54 valence electrons. The summed E-state index contributed by atoms with van der Waals surface area (Å²) in [6.07, 6.45) is 2.24. The molecule has 1 unspecified atom stereocenters. The average molecular weight is 133 g/mol. The van der Waals surface area contributed by atoms with Crippen LogP contribution in [0.15, 0.2) is 0 Å². The van der Waals surface area contributed by atoms with Crippen molar-refractivity contribution in [3.63, 3.8) is 0 Å². The first-order valence-electron chi connectivity index (χ1n) is 3.28. The van der Waals surface area contributed by atoms with Gasteiger partial charge in [0.1, 0.15) is 6.61 Å². The van der Waals surface area contributed by atoms with E-state index >= 15 is 0 Å². The van der Waals surface area contributed by atoms with Crippen molar-refractivity contribution >= 4 is 0 Å². The number of rotatable bonds is 2. The van der Waals surface area contributed by atoms with Crippen LogP contribution < -0.4 is 0 Å². The lowest BCUT2D eigenvalue weighted by atomic mass is 10.2. The molecular weight excluding hydrogens is 121 g/mol. The van der Waals surface area contributed by atoms with Crippen molar-refractivity contribution in [1.29, 1.82) is 0 Å². The van der Waals surface area contributed by atoms with Crippen LogP contribution >= 0.6 is 0 Å². The summed E-state index contributed by atoms with van der Waals surface area (Å²) in [6.45, 7) is 1.31. The molecule has 0 bridgehead atoms. The summed E-state index contributed by atoms with van der Waals surface area (Å²) in [5.41, 5.74) is 0. The Morgan fingerprint density at radius 1 is 1.78 bits per heavy atom. The minimum Gasteiger partial charge on any atom is -0.301 e. The van der Waals surface area contributed by atoms with Gasteiger partial charge in [-0.15, -0.1) is 0 Å². The van der Waals surface area contributed by atoms with E-state index in [4.69, 9.17) is 0 Å². The molecule has 3 heteroatoms. The molecule has 0 aromatic heterocycles. The molecule has 0 amide bonds. The Labute approximate surface area is 54.5 Å². The van der Waals surface area contributed by atoms with Crippen molar-refractivity contribution in [3.05, 3.63) is 0 Å². The Morgan fingerprint density at radius 2 is 2.56 bits per heavy atom. The molecule has 1 rings (SSSR count). The maximum atomic E-state index is 11.3. The number of likely N-dealkylation sites (tertiary alicyclic amines) is 1. The Balaban J connectivity index is 2.22. The highest BCUT2D eigenvalue weighted by Crippen LogP contribution is 2.14. The van der Waals surface area contributed by atoms with Crippen LogP contribution in [-0.4, -0.2) is 31.1 Å².